The van der Waals surface area contributed by atoms with Gasteiger partial charge in [0.1, 0.15) is 12.9 Å². The minimum Gasteiger partial charge on any atom is -0.380 e. The molecule has 0 saturated carbocycles. The molecule has 106 valence electrons. The summed E-state index contributed by atoms with van der Waals surface area (Å²) in [6.45, 7) is 0.890. The number of nitrogens with two attached hydrogens (primary N) is 1. The van der Waals surface area contributed by atoms with Crippen molar-refractivity contribution in [3.8, 4) is 0 Å². The van der Waals surface area contributed by atoms with Crippen LogP contribution in [0.15, 0.2) is 35.6 Å². The van der Waals surface area contributed by atoms with Crippen LogP contribution < -0.4 is 11.1 Å². The molecule has 7 heteroatoms. The highest BCUT2D eigenvalue weighted by molar-refractivity contribution is 5.92. The van der Waals surface area contributed by atoms with Crippen LogP contribution in [-0.2, 0) is 24.9 Å². The van der Waals surface area contributed by atoms with Crippen LogP contribution in [0.4, 0.5) is 5.69 Å². The molecule has 1 aromatic carbocycles. The molecule has 20 heavy (non-hydrogen) atoms. The number of nitrogens with zero attached hydrogens (tertiary/aromatic N) is 4. The van der Waals surface area contributed by atoms with E-state index in [9.17, 15) is 0 Å². The molecule has 1 heterocycles. The van der Waals surface area contributed by atoms with Gasteiger partial charge in [0.05, 0.1) is 6.61 Å². The van der Waals surface area contributed by atoms with Gasteiger partial charge in [0.2, 0.25) is 0 Å². The van der Waals surface area contributed by atoms with Crippen LogP contribution in [0.3, 0.4) is 0 Å². The summed E-state index contributed by atoms with van der Waals surface area (Å²) >= 11 is 0. The summed E-state index contributed by atoms with van der Waals surface area (Å²) in [6.07, 6.45) is 1.63. The van der Waals surface area contributed by atoms with E-state index in [2.05, 4.69) is 20.5 Å². The number of rotatable bonds is 5. The first-order valence-corrected chi connectivity index (χ1v) is 6.17. The summed E-state index contributed by atoms with van der Waals surface area (Å²) in [5, 5.41) is 10.8. The van der Waals surface area contributed by atoms with Crippen molar-refractivity contribution in [3.63, 3.8) is 0 Å². The van der Waals surface area contributed by atoms with E-state index < -0.39 is 0 Å². The van der Waals surface area contributed by atoms with Crippen molar-refractivity contribution < 1.29 is 4.74 Å². The molecule has 0 aliphatic rings. The fraction of sp³-hybridized carbons (Fsp3) is 0.308. The average Bonchev–Trinajstić information content (AvgIpc) is 2.84. The number of aliphatic imine (C=N–C) groups is 1. The van der Waals surface area contributed by atoms with Crippen molar-refractivity contribution in [2.45, 2.75) is 13.2 Å². The van der Waals surface area contributed by atoms with Crippen molar-refractivity contribution in [2.24, 2.45) is 17.8 Å². The topological polar surface area (TPSA) is 90.3 Å². The zero-order valence-electron chi connectivity index (χ0n) is 11.6. The Balaban J connectivity index is 2.04. The number of hydrogen-bond donors (Lipinski definition) is 2. The molecule has 0 aliphatic carbocycles. The number of hydrogen-bond acceptors (Lipinski definition) is 4. The van der Waals surface area contributed by atoms with Gasteiger partial charge in [-0.1, -0.05) is 18.2 Å². The SMILES string of the molecule is COCc1ccccc1NC(N)=NCc1nncn1C. The Labute approximate surface area is 117 Å². The normalized spacial score (nSPS) is 11.6. The standard InChI is InChI=1S/C13H18N6O/c1-19-9-16-18-12(19)7-15-13(14)17-11-6-4-3-5-10(11)8-20-2/h3-6,9H,7-8H2,1-2H3,(H3,14,15,17). The number of benzene rings is 1. The Morgan fingerprint density at radius 3 is 2.95 bits per heavy atom. The van der Waals surface area contributed by atoms with Crippen molar-refractivity contribution in [3.05, 3.63) is 42.0 Å². The molecular weight excluding hydrogens is 256 g/mol. The first-order valence-electron chi connectivity index (χ1n) is 6.17. The second kappa shape index (κ2) is 6.67. The fourth-order valence-electron chi connectivity index (χ4n) is 1.71. The largest absolute Gasteiger partial charge is 0.380 e. The lowest BCUT2D eigenvalue weighted by Crippen LogP contribution is -2.23. The molecule has 2 aromatic rings. The fourth-order valence-corrected chi connectivity index (χ4v) is 1.71. The summed E-state index contributed by atoms with van der Waals surface area (Å²) in [7, 11) is 3.52. The number of para-hydroxylation sites is 1. The lowest BCUT2D eigenvalue weighted by atomic mass is 10.2. The van der Waals surface area contributed by atoms with E-state index in [1.807, 2.05) is 31.3 Å². The molecule has 0 unspecified atom stereocenters. The van der Waals surface area contributed by atoms with Crippen LogP contribution in [0.2, 0.25) is 0 Å². The predicted octanol–water partition coefficient (Wildman–Crippen LogP) is 0.888. The Morgan fingerprint density at radius 2 is 2.25 bits per heavy atom. The van der Waals surface area contributed by atoms with Gasteiger partial charge in [-0.15, -0.1) is 10.2 Å². The van der Waals surface area contributed by atoms with E-state index in [4.69, 9.17) is 10.5 Å². The Bertz CT molecular complexity index is 592. The zero-order chi connectivity index (χ0) is 14.4. The molecule has 0 aliphatic heterocycles. The first-order chi connectivity index (χ1) is 9.70. The van der Waals surface area contributed by atoms with Crippen LogP contribution >= 0.6 is 0 Å². The molecule has 0 amide bonds. The number of anilines is 1. The molecule has 2 rings (SSSR count). The summed E-state index contributed by atoms with van der Waals surface area (Å²) in [4.78, 5) is 4.24. The predicted molar refractivity (Wildman–Crippen MR) is 77.1 cm³/mol. The van der Waals surface area contributed by atoms with Crippen molar-refractivity contribution in [1.82, 2.24) is 14.8 Å². The second-order valence-corrected chi connectivity index (χ2v) is 4.27. The monoisotopic (exact) mass is 274 g/mol. The highest BCUT2D eigenvalue weighted by Gasteiger charge is 2.03. The van der Waals surface area contributed by atoms with Gasteiger partial charge >= 0.3 is 0 Å². The molecule has 0 bridgehead atoms. The quantitative estimate of drug-likeness (QED) is 0.624. The van der Waals surface area contributed by atoms with Crippen molar-refractivity contribution in [1.29, 1.82) is 0 Å². The lowest BCUT2D eigenvalue weighted by molar-refractivity contribution is 0.185. The second-order valence-electron chi connectivity index (χ2n) is 4.27. The van der Waals surface area contributed by atoms with Gasteiger partial charge in [0.15, 0.2) is 11.8 Å². The Kier molecular flexibility index (Phi) is 4.67. The van der Waals surface area contributed by atoms with Crippen molar-refractivity contribution in [2.75, 3.05) is 12.4 Å². The number of ether oxygens (including phenoxy) is 1. The molecule has 0 spiro atoms. The van der Waals surface area contributed by atoms with Gasteiger partial charge in [-0.3, -0.25) is 0 Å². The maximum Gasteiger partial charge on any atom is 0.193 e. The summed E-state index contributed by atoms with van der Waals surface area (Å²) in [6, 6.07) is 7.78. The van der Waals surface area contributed by atoms with Gasteiger partial charge < -0.3 is 20.4 Å². The van der Waals surface area contributed by atoms with Gasteiger partial charge in [0, 0.05) is 25.4 Å². The third kappa shape index (κ3) is 3.55. The van der Waals surface area contributed by atoms with Gasteiger partial charge in [0.25, 0.3) is 0 Å². The number of aryl methyl sites for hydroxylation is 1. The minimum atomic E-state index is 0.330. The van der Waals surface area contributed by atoms with Crippen LogP contribution in [0.25, 0.3) is 0 Å². The minimum absolute atomic E-state index is 0.330. The average molecular weight is 274 g/mol. The highest BCUT2D eigenvalue weighted by Crippen LogP contribution is 2.15. The Morgan fingerprint density at radius 1 is 1.45 bits per heavy atom. The van der Waals surface area contributed by atoms with Gasteiger partial charge in [-0.05, 0) is 6.07 Å². The molecule has 1 aromatic heterocycles. The highest BCUT2D eigenvalue weighted by atomic mass is 16.5. The number of methoxy groups -OCH3 is 1. The smallest absolute Gasteiger partial charge is 0.193 e. The van der Waals surface area contributed by atoms with E-state index in [0.29, 0.717) is 19.1 Å². The number of nitrogens with one attached hydrogen (secondary N) is 1. The van der Waals surface area contributed by atoms with Gasteiger partial charge in [-0.2, -0.15) is 0 Å². The molecule has 0 saturated heterocycles. The van der Waals surface area contributed by atoms with E-state index >= 15 is 0 Å². The first kappa shape index (κ1) is 14.0. The third-order valence-corrected chi connectivity index (χ3v) is 2.78. The van der Waals surface area contributed by atoms with Crippen LogP contribution in [0, 0.1) is 0 Å². The maximum atomic E-state index is 5.88. The molecule has 0 fully saturated rings. The molecular formula is C13H18N6O. The van der Waals surface area contributed by atoms with Gasteiger partial charge in [-0.25, -0.2) is 4.99 Å². The lowest BCUT2D eigenvalue weighted by Gasteiger charge is -2.10. The molecule has 7 nitrogen and oxygen atoms in total. The molecule has 0 atom stereocenters. The van der Waals surface area contributed by atoms with Crippen molar-refractivity contribution >= 4 is 11.6 Å². The Hall–Kier alpha value is -2.41. The van der Waals surface area contributed by atoms with Crippen LogP contribution in [0.1, 0.15) is 11.4 Å². The van der Waals surface area contributed by atoms with E-state index in [1.165, 1.54) is 0 Å². The summed E-state index contributed by atoms with van der Waals surface area (Å²) < 4.78 is 6.94. The van der Waals surface area contributed by atoms with Crippen LogP contribution in [0.5, 0.6) is 0 Å². The molecule has 3 N–H and O–H groups in total. The maximum absolute atomic E-state index is 5.88. The van der Waals surface area contributed by atoms with Crippen LogP contribution in [-0.4, -0.2) is 27.8 Å². The molecule has 0 radical (unpaired) electrons. The zero-order valence-corrected chi connectivity index (χ0v) is 11.6. The third-order valence-electron chi connectivity index (χ3n) is 2.78. The summed E-state index contributed by atoms with van der Waals surface area (Å²) in [5.41, 5.74) is 7.78. The van der Waals surface area contributed by atoms with E-state index in [0.717, 1.165) is 17.1 Å². The van der Waals surface area contributed by atoms with E-state index in [-0.39, 0.29) is 0 Å². The number of aromatic nitrogens is 3. The number of guanidine groups is 1. The van der Waals surface area contributed by atoms with E-state index in [1.54, 1.807) is 18.0 Å². The summed E-state index contributed by atoms with van der Waals surface area (Å²) in [5.74, 6) is 1.08.